The molecule has 0 saturated heterocycles. The van der Waals surface area contributed by atoms with Crippen LogP contribution in [0.5, 0.6) is 0 Å². The van der Waals surface area contributed by atoms with Crippen LogP contribution in [0.3, 0.4) is 0 Å². The van der Waals surface area contributed by atoms with Gasteiger partial charge < -0.3 is 0 Å². The molecule has 0 N–H and O–H groups in total. The summed E-state index contributed by atoms with van der Waals surface area (Å²) in [5.41, 5.74) is 2.92. The van der Waals surface area contributed by atoms with Gasteiger partial charge in [-0.3, -0.25) is 0 Å². The minimum Gasteiger partial charge on any atom is -0.247 e. The molecular formula is C22H24N4O2S. The Balaban J connectivity index is 1.76. The van der Waals surface area contributed by atoms with E-state index in [-0.39, 0.29) is 4.90 Å². The molecule has 0 fully saturated rings. The van der Waals surface area contributed by atoms with E-state index in [2.05, 4.69) is 22.5 Å². The predicted octanol–water partition coefficient (Wildman–Crippen LogP) is 3.72. The molecular weight excluding hydrogens is 384 g/mol. The van der Waals surface area contributed by atoms with Crippen LogP contribution in [0.4, 0.5) is 5.82 Å². The van der Waals surface area contributed by atoms with Crippen molar-refractivity contribution in [1.29, 1.82) is 0 Å². The quantitative estimate of drug-likeness (QED) is 0.617. The first kappa shape index (κ1) is 19.4. The molecule has 2 aromatic carbocycles. The zero-order chi connectivity index (χ0) is 20.3. The molecule has 0 spiro atoms. The molecule has 1 aromatic heterocycles. The lowest BCUT2D eigenvalue weighted by Crippen LogP contribution is -2.33. The lowest BCUT2D eigenvalue weighted by molar-refractivity contribution is 0.588. The van der Waals surface area contributed by atoms with Gasteiger partial charge in [0.05, 0.1) is 17.1 Å². The Morgan fingerprint density at radius 2 is 1.76 bits per heavy atom. The van der Waals surface area contributed by atoms with E-state index in [4.69, 9.17) is 0 Å². The van der Waals surface area contributed by atoms with Gasteiger partial charge in [0, 0.05) is 13.0 Å². The molecule has 0 amide bonds. The number of fused-ring (bicyclic) bond motifs is 1. The number of aromatic nitrogens is 3. The zero-order valence-electron chi connectivity index (χ0n) is 16.4. The highest BCUT2D eigenvalue weighted by Crippen LogP contribution is 2.28. The third-order valence-electron chi connectivity index (χ3n) is 5.05. The normalized spacial score (nSPS) is 15.8. The van der Waals surface area contributed by atoms with Crippen LogP contribution in [0.2, 0.25) is 0 Å². The second kappa shape index (κ2) is 8.21. The molecule has 3 aromatic rings. The van der Waals surface area contributed by atoms with Crippen molar-refractivity contribution >= 4 is 15.8 Å². The number of benzene rings is 2. The van der Waals surface area contributed by atoms with Crippen molar-refractivity contribution in [1.82, 2.24) is 15.0 Å². The third-order valence-corrected chi connectivity index (χ3v) is 6.85. The maximum absolute atomic E-state index is 13.4. The Morgan fingerprint density at radius 1 is 1.00 bits per heavy atom. The van der Waals surface area contributed by atoms with Crippen molar-refractivity contribution in [3.8, 4) is 0 Å². The zero-order valence-corrected chi connectivity index (χ0v) is 17.2. The van der Waals surface area contributed by atoms with Gasteiger partial charge in [0.2, 0.25) is 0 Å². The molecule has 7 heteroatoms. The van der Waals surface area contributed by atoms with E-state index in [1.54, 1.807) is 16.8 Å². The highest BCUT2D eigenvalue weighted by Gasteiger charge is 2.30. The highest BCUT2D eigenvalue weighted by molar-refractivity contribution is 7.92. The summed E-state index contributed by atoms with van der Waals surface area (Å²) in [4.78, 5) is 0.277. The van der Waals surface area contributed by atoms with E-state index in [1.807, 2.05) is 49.4 Å². The fourth-order valence-corrected chi connectivity index (χ4v) is 4.91. The summed E-state index contributed by atoms with van der Waals surface area (Å²) in [7, 11) is -3.72. The largest absolute Gasteiger partial charge is 0.265 e. The van der Waals surface area contributed by atoms with Crippen molar-refractivity contribution in [3.63, 3.8) is 0 Å². The standard InChI is InChI=1S/C22H24N4O2S/c1-18-12-14-20(15-13-18)29(27,28)26-16-8-3-2-7-11-21-22(26)23-24-25(21)17-19-9-5-4-6-10-19/h2,4-7,9-10,12-15H,3,8,11,16-17H2,1H3/b7-2-. The van der Waals surface area contributed by atoms with E-state index in [0.29, 0.717) is 25.3 Å². The summed E-state index contributed by atoms with van der Waals surface area (Å²) in [5, 5.41) is 8.62. The number of allylic oxidation sites excluding steroid dienone is 2. The van der Waals surface area contributed by atoms with Gasteiger partial charge in [-0.05, 0) is 37.5 Å². The molecule has 0 atom stereocenters. The van der Waals surface area contributed by atoms with Crippen LogP contribution in [0.15, 0.2) is 71.6 Å². The number of anilines is 1. The van der Waals surface area contributed by atoms with Crippen molar-refractivity contribution < 1.29 is 8.42 Å². The summed E-state index contributed by atoms with van der Waals surface area (Å²) < 4.78 is 30.1. The first-order chi connectivity index (χ1) is 14.1. The first-order valence-corrected chi connectivity index (χ1v) is 11.2. The van der Waals surface area contributed by atoms with Gasteiger partial charge in [-0.15, -0.1) is 5.10 Å². The van der Waals surface area contributed by atoms with Crippen molar-refractivity contribution in [2.24, 2.45) is 0 Å². The van der Waals surface area contributed by atoms with Crippen molar-refractivity contribution in [2.45, 2.75) is 37.6 Å². The van der Waals surface area contributed by atoms with E-state index in [1.165, 1.54) is 4.31 Å². The third kappa shape index (κ3) is 4.10. The fourth-order valence-electron chi connectivity index (χ4n) is 3.44. The molecule has 0 bridgehead atoms. The van der Waals surface area contributed by atoms with Crippen LogP contribution in [-0.4, -0.2) is 30.0 Å². The summed E-state index contributed by atoms with van der Waals surface area (Å²) >= 11 is 0. The number of rotatable bonds is 4. The van der Waals surface area contributed by atoms with E-state index in [0.717, 1.165) is 29.7 Å². The van der Waals surface area contributed by atoms with Gasteiger partial charge in [-0.1, -0.05) is 65.4 Å². The van der Waals surface area contributed by atoms with E-state index in [9.17, 15) is 8.42 Å². The Morgan fingerprint density at radius 3 is 2.52 bits per heavy atom. The van der Waals surface area contributed by atoms with Crippen LogP contribution in [0.25, 0.3) is 0 Å². The van der Waals surface area contributed by atoms with E-state index >= 15 is 0 Å². The lowest BCUT2D eigenvalue weighted by atomic mass is 10.2. The van der Waals surface area contributed by atoms with Crippen LogP contribution in [-0.2, 0) is 23.0 Å². The Kier molecular flexibility index (Phi) is 5.49. The molecule has 1 aliphatic rings. The van der Waals surface area contributed by atoms with E-state index < -0.39 is 10.0 Å². The second-order valence-electron chi connectivity index (χ2n) is 7.21. The Hall–Kier alpha value is -2.93. The molecule has 0 radical (unpaired) electrons. The molecule has 2 heterocycles. The van der Waals surface area contributed by atoms with Crippen molar-refractivity contribution in [3.05, 3.63) is 83.6 Å². The Bertz CT molecular complexity index is 1100. The minimum absolute atomic E-state index is 0.277. The van der Waals surface area contributed by atoms with Crippen LogP contribution in [0, 0.1) is 6.92 Å². The summed E-state index contributed by atoms with van der Waals surface area (Å²) in [6.45, 7) is 2.86. The molecule has 0 aliphatic carbocycles. The highest BCUT2D eigenvalue weighted by atomic mass is 32.2. The maximum Gasteiger partial charge on any atom is 0.265 e. The SMILES string of the molecule is Cc1ccc(S(=O)(=O)N2CCC/C=C\Cc3c2nnn3Cc2ccccc2)cc1. The van der Waals surface area contributed by atoms with Gasteiger partial charge >= 0.3 is 0 Å². The smallest absolute Gasteiger partial charge is 0.247 e. The van der Waals surface area contributed by atoms with Crippen LogP contribution >= 0.6 is 0 Å². The molecule has 6 nitrogen and oxygen atoms in total. The molecule has 0 saturated carbocycles. The number of hydrogen-bond donors (Lipinski definition) is 0. The molecule has 0 unspecified atom stereocenters. The molecule has 4 rings (SSSR count). The monoisotopic (exact) mass is 408 g/mol. The van der Waals surface area contributed by atoms with Gasteiger partial charge in [0.1, 0.15) is 0 Å². The molecule has 29 heavy (non-hydrogen) atoms. The summed E-state index contributed by atoms with van der Waals surface area (Å²) in [5.74, 6) is 0.424. The van der Waals surface area contributed by atoms with Gasteiger partial charge in [0.25, 0.3) is 10.0 Å². The van der Waals surface area contributed by atoms with Gasteiger partial charge in [-0.2, -0.15) is 0 Å². The average molecular weight is 409 g/mol. The molecule has 150 valence electrons. The number of nitrogens with zero attached hydrogens (tertiary/aromatic N) is 4. The minimum atomic E-state index is -3.72. The molecule has 1 aliphatic heterocycles. The van der Waals surface area contributed by atoms with Gasteiger partial charge in [0.15, 0.2) is 5.82 Å². The lowest BCUT2D eigenvalue weighted by Gasteiger charge is -2.22. The number of aryl methyl sites for hydroxylation is 1. The average Bonchev–Trinajstić information content (AvgIpc) is 3.13. The fraction of sp³-hybridized carbons (Fsp3) is 0.273. The topological polar surface area (TPSA) is 68.1 Å². The van der Waals surface area contributed by atoms with Crippen molar-refractivity contribution in [2.75, 3.05) is 10.8 Å². The number of sulfonamides is 1. The Labute approximate surface area is 171 Å². The predicted molar refractivity (Wildman–Crippen MR) is 113 cm³/mol. The van der Waals surface area contributed by atoms with Gasteiger partial charge in [-0.25, -0.2) is 17.4 Å². The second-order valence-corrected chi connectivity index (χ2v) is 9.07. The summed E-state index contributed by atoms with van der Waals surface area (Å²) in [6.07, 6.45) is 6.33. The first-order valence-electron chi connectivity index (χ1n) is 9.76. The van der Waals surface area contributed by atoms with Crippen LogP contribution < -0.4 is 4.31 Å². The van der Waals surface area contributed by atoms with Crippen LogP contribution in [0.1, 0.15) is 29.7 Å². The summed E-state index contributed by atoms with van der Waals surface area (Å²) in [6, 6.07) is 16.9. The number of hydrogen-bond acceptors (Lipinski definition) is 4. The maximum atomic E-state index is 13.4.